The Bertz CT molecular complexity index is 531. The van der Waals surface area contributed by atoms with Gasteiger partial charge in [-0.3, -0.25) is 4.79 Å². The molecule has 0 saturated carbocycles. The molecular formula is C15H18Cl2N2O3. The molecule has 0 atom stereocenters. The number of carbonyl (C=O) groups excluding carboxylic acids is 1. The molecular weight excluding hydrogens is 327 g/mol. The summed E-state index contributed by atoms with van der Waals surface area (Å²) in [7, 11) is 0. The van der Waals surface area contributed by atoms with Gasteiger partial charge in [-0.05, 0) is 18.2 Å². The molecule has 0 bridgehead atoms. The molecule has 0 aromatic heterocycles. The van der Waals surface area contributed by atoms with Crippen LogP contribution >= 0.6 is 23.2 Å². The maximum Gasteiger partial charge on any atom is 0.241 e. The van der Waals surface area contributed by atoms with Gasteiger partial charge in [0.2, 0.25) is 5.91 Å². The molecule has 2 aliphatic rings. The van der Waals surface area contributed by atoms with Crippen molar-refractivity contribution in [3.05, 3.63) is 28.2 Å². The maximum absolute atomic E-state index is 12.3. The minimum atomic E-state index is -0.454. The lowest BCUT2D eigenvalue weighted by atomic mass is 10.0. The van der Waals surface area contributed by atoms with Crippen LogP contribution in [0.5, 0.6) is 0 Å². The minimum Gasteiger partial charge on any atom is -0.376 e. The fourth-order valence-corrected chi connectivity index (χ4v) is 3.35. The number of nitrogens with one attached hydrogen (secondary N) is 1. The SMILES string of the molecule is O=C(CNc1cc(Cl)cc(Cl)c1)N1CCC2(CC1)OCCO2. The third kappa shape index (κ3) is 3.66. The van der Waals surface area contributed by atoms with E-state index in [1.165, 1.54) is 0 Å². The highest BCUT2D eigenvalue weighted by atomic mass is 35.5. The predicted octanol–water partition coefficient (Wildman–Crippen LogP) is 2.77. The van der Waals surface area contributed by atoms with Crippen molar-refractivity contribution in [3.8, 4) is 0 Å². The summed E-state index contributed by atoms with van der Waals surface area (Å²) in [5.74, 6) is -0.408. The molecule has 0 unspecified atom stereocenters. The van der Waals surface area contributed by atoms with Crippen molar-refractivity contribution in [3.63, 3.8) is 0 Å². The van der Waals surface area contributed by atoms with Crippen molar-refractivity contribution in [1.82, 2.24) is 4.90 Å². The molecule has 7 heteroatoms. The van der Waals surface area contributed by atoms with Crippen LogP contribution in [0, 0.1) is 0 Å². The molecule has 2 saturated heterocycles. The number of halogens is 2. The van der Waals surface area contributed by atoms with Crippen LogP contribution in [0.15, 0.2) is 18.2 Å². The van der Waals surface area contributed by atoms with Crippen molar-refractivity contribution >= 4 is 34.8 Å². The van der Waals surface area contributed by atoms with Crippen molar-refractivity contribution in [2.75, 3.05) is 38.2 Å². The van der Waals surface area contributed by atoms with Crippen molar-refractivity contribution in [1.29, 1.82) is 0 Å². The highest BCUT2D eigenvalue weighted by Crippen LogP contribution is 2.31. The van der Waals surface area contributed by atoms with Gasteiger partial charge in [0.15, 0.2) is 5.79 Å². The molecule has 1 spiro atoms. The lowest BCUT2D eigenvalue weighted by Gasteiger charge is -2.37. The van der Waals surface area contributed by atoms with Gasteiger partial charge in [0.25, 0.3) is 0 Å². The third-order valence-corrected chi connectivity index (χ3v) is 4.43. The van der Waals surface area contributed by atoms with Crippen LogP contribution in [-0.2, 0) is 14.3 Å². The van der Waals surface area contributed by atoms with Gasteiger partial charge < -0.3 is 19.7 Å². The Morgan fingerprint density at radius 1 is 1.14 bits per heavy atom. The van der Waals surface area contributed by atoms with Crippen LogP contribution < -0.4 is 5.32 Å². The molecule has 1 amide bonds. The number of likely N-dealkylation sites (tertiary alicyclic amines) is 1. The fourth-order valence-electron chi connectivity index (χ4n) is 2.83. The summed E-state index contributed by atoms with van der Waals surface area (Å²) < 4.78 is 11.3. The van der Waals surface area contributed by atoms with Crippen molar-refractivity contribution in [2.45, 2.75) is 18.6 Å². The lowest BCUT2D eigenvalue weighted by Crippen LogP contribution is -2.48. The van der Waals surface area contributed by atoms with E-state index in [0.717, 1.165) is 18.5 Å². The van der Waals surface area contributed by atoms with Gasteiger partial charge in [0.1, 0.15) is 0 Å². The number of ether oxygens (including phenoxy) is 2. The van der Waals surface area contributed by atoms with Gasteiger partial charge in [-0.15, -0.1) is 0 Å². The molecule has 1 aromatic carbocycles. The molecule has 1 N–H and O–H groups in total. The first-order valence-electron chi connectivity index (χ1n) is 7.32. The van der Waals surface area contributed by atoms with Crippen LogP contribution in [0.25, 0.3) is 0 Å². The molecule has 2 heterocycles. The number of hydrogen-bond acceptors (Lipinski definition) is 4. The summed E-state index contributed by atoms with van der Waals surface area (Å²) in [5.41, 5.74) is 0.738. The quantitative estimate of drug-likeness (QED) is 0.915. The number of carbonyl (C=O) groups is 1. The van der Waals surface area contributed by atoms with E-state index in [4.69, 9.17) is 32.7 Å². The van der Waals surface area contributed by atoms with Crippen molar-refractivity contribution in [2.24, 2.45) is 0 Å². The largest absolute Gasteiger partial charge is 0.376 e. The molecule has 22 heavy (non-hydrogen) atoms. The van der Waals surface area contributed by atoms with Gasteiger partial charge in [0.05, 0.1) is 19.8 Å². The molecule has 3 rings (SSSR count). The Hall–Kier alpha value is -1.01. The van der Waals surface area contributed by atoms with E-state index < -0.39 is 5.79 Å². The zero-order valence-electron chi connectivity index (χ0n) is 12.1. The third-order valence-electron chi connectivity index (χ3n) is 4.00. The molecule has 5 nitrogen and oxygen atoms in total. The maximum atomic E-state index is 12.3. The molecule has 0 radical (unpaired) electrons. The van der Waals surface area contributed by atoms with Gasteiger partial charge >= 0.3 is 0 Å². The zero-order valence-corrected chi connectivity index (χ0v) is 13.6. The van der Waals surface area contributed by atoms with E-state index in [2.05, 4.69) is 5.32 Å². The highest BCUT2D eigenvalue weighted by Gasteiger charge is 2.40. The van der Waals surface area contributed by atoms with E-state index >= 15 is 0 Å². The summed E-state index contributed by atoms with van der Waals surface area (Å²) >= 11 is 11.9. The summed E-state index contributed by atoms with van der Waals surface area (Å²) in [5, 5.41) is 4.14. The normalized spacial score (nSPS) is 20.4. The van der Waals surface area contributed by atoms with Gasteiger partial charge in [-0.2, -0.15) is 0 Å². The van der Waals surface area contributed by atoms with Gasteiger partial charge in [-0.1, -0.05) is 23.2 Å². The summed E-state index contributed by atoms with van der Waals surface area (Å²) in [6.45, 7) is 2.80. The molecule has 1 aromatic rings. The first-order chi connectivity index (χ1) is 10.6. The highest BCUT2D eigenvalue weighted by molar-refractivity contribution is 6.35. The number of anilines is 1. The Morgan fingerprint density at radius 3 is 2.32 bits per heavy atom. The van der Waals surface area contributed by atoms with Crippen LogP contribution in [0.2, 0.25) is 10.0 Å². The number of benzene rings is 1. The summed E-state index contributed by atoms with van der Waals surface area (Å²) in [4.78, 5) is 14.1. The number of hydrogen-bond donors (Lipinski definition) is 1. The second kappa shape index (κ2) is 6.62. The Labute approximate surface area is 139 Å². The lowest BCUT2D eigenvalue weighted by molar-refractivity contribution is -0.187. The molecule has 120 valence electrons. The van der Waals surface area contributed by atoms with E-state index in [1.807, 2.05) is 4.90 Å². The van der Waals surface area contributed by atoms with Crippen LogP contribution in [0.4, 0.5) is 5.69 Å². The fraction of sp³-hybridized carbons (Fsp3) is 0.533. The molecule has 2 aliphatic heterocycles. The second-order valence-corrected chi connectivity index (χ2v) is 6.37. The standard InChI is InChI=1S/C15H18Cl2N2O3/c16-11-7-12(17)9-13(8-11)18-10-14(20)19-3-1-15(2-4-19)21-5-6-22-15/h7-9,18H,1-6,10H2. The van der Waals surface area contributed by atoms with Crippen molar-refractivity contribution < 1.29 is 14.3 Å². The number of nitrogens with zero attached hydrogens (tertiary/aromatic N) is 1. The first-order valence-corrected chi connectivity index (χ1v) is 8.08. The van der Waals surface area contributed by atoms with E-state index in [0.29, 0.717) is 36.3 Å². The zero-order chi connectivity index (χ0) is 15.6. The minimum absolute atomic E-state index is 0.0453. The summed E-state index contributed by atoms with van der Waals surface area (Å²) in [6.07, 6.45) is 1.45. The molecule has 2 fully saturated rings. The van der Waals surface area contributed by atoms with E-state index in [-0.39, 0.29) is 12.5 Å². The summed E-state index contributed by atoms with van der Waals surface area (Å²) in [6, 6.07) is 5.14. The first kappa shape index (κ1) is 15.9. The molecule has 0 aliphatic carbocycles. The Kier molecular flexibility index (Phi) is 4.78. The average Bonchev–Trinajstić information content (AvgIpc) is 2.93. The Balaban J connectivity index is 1.50. The number of amides is 1. The monoisotopic (exact) mass is 344 g/mol. The smallest absolute Gasteiger partial charge is 0.241 e. The van der Waals surface area contributed by atoms with Gasteiger partial charge in [-0.25, -0.2) is 0 Å². The van der Waals surface area contributed by atoms with Gasteiger partial charge in [0, 0.05) is 41.7 Å². The topological polar surface area (TPSA) is 50.8 Å². The van der Waals surface area contributed by atoms with E-state index in [1.54, 1.807) is 18.2 Å². The van der Waals surface area contributed by atoms with E-state index in [9.17, 15) is 4.79 Å². The van der Waals surface area contributed by atoms with Crippen LogP contribution in [0.1, 0.15) is 12.8 Å². The predicted molar refractivity (Wildman–Crippen MR) is 85.4 cm³/mol. The van der Waals surface area contributed by atoms with Crippen LogP contribution in [-0.4, -0.2) is 49.4 Å². The number of piperidine rings is 1. The second-order valence-electron chi connectivity index (χ2n) is 5.50. The number of rotatable bonds is 3. The average molecular weight is 345 g/mol. The Morgan fingerprint density at radius 2 is 1.73 bits per heavy atom. The van der Waals surface area contributed by atoms with Crippen LogP contribution in [0.3, 0.4) is 0 Å².